The summed E-state index contributed by atoms with van der Waals surface area (Å²) in [5, 5.41) is 10.6. The number of rotatable bonds is 2. The quantitative estimate of drug-likeness (QED) is 0.888. The Labute approximate surface area is 90.7 Å². The van der Waals surface area contributed by atoms with Crippen molar-refractivity contribution < 1.29 is 9.52 Å². The minimum atomic E-state index is -0.505. The topological polar surface area (TPSA) is 33.4 Å². The average Bonchev–Trinajstić information content (AvgIpc) is 2.62. The molecule has 1 unspecified atom stereocenters. The summed E-state index contributed by atoms with van der Waals surface area (Å²) in [6.07, 6.45) is 0.159. The molecule has 0 fully saturated rings. The molecule has 1 atom stereocenters. The molecule has 3 heteroatoms. The van der Waals surface area contributed by atoms with Gasteiger partial charge in [-0.25, -0.2) is 0 Å². The van der Waals surface area contributed by atoms with Crippen molar-refractivity contribution in [2.75, 3.05) is 0 Å². The van der Waals surface area contributed by atoms with Gasteiger partial charge in [0.1, 0.15) is 17.4 Å². The molecule has 2 nitrogen and oxygen atoms in total. The van der Waals surface area contributed by atoms with Crippen molar-refractivity contribution in [3.8, 4) is 0 Å². The Balaban J connectivity index is 2.56. The Bertz CT molecular complexity index is 447. The van der Waals surface area contributed by atoms with E-state index in [4.69, 9.17) is 4.42 Å². The molecule has 0 spiro atoms. The van der Waals surface area contributed by atoms with Gasteiger partial charge in [-0.3, -0.25) is 0 Å². The fourth-order valence-electron chi connectivity index (χ4n) is 1.41. The molecule has 2 rings (SSSR count). The van der Waals surface area contributed by atoms with Crippen molar-refractivity contribution in [3.05, 3.63) is 34.5 Å². The van der Waals surface area contributed by atoms with E-state index in [1.54, 1.807) is 0 Å². The Hall–Kier alpha value is -0.800. The van der Waals surface area contributed by atoms with E-state index in [9.17, 15) is 5.11 Å². The van der Waals surface area contributed by atoms with Gasteiger partial charge in [0, 0.05) is 5.39 Å². The highest BCUT2D eigenvalue weighted by molar-refractivity contribution is 9.10. The number of aliphatic hydroxyl groups is 1. The normalized spacial score (nSPS) is 13.4. The summed E-state index contributed by atoms with van der Waals surface area (Å²) in [4.78, 5) is 0. The largest absolute Gasteiger partial charge is 0.457 e. The van der Waals surface area contributed by atoms with E-state index in [0.29, 0.717) is 12.2 Å². The van der Waals surface area contributed by atoms with Gasteiger partial charge in [0.25, 0.3) is 0 Å². The van der Waals surface area contributed by atoms with Crippen LogP contribution in [0, 0.1) is 0 Å². The van der Waals surface area contributed by atoms with Crippen LogP contribution in [0.3, 0.4) is 0 Å². The van der Waals surface area contributed by atoms with Gasteiger partial charge in [-0.15, -0.1) is 0 Å². The van der Waals surface area contributed by atoms with Crippen molar-refractivity contribution in [1.82, 2.24) is 0 Å². The van der Waals surface area contributed by atoms with Gasteiger partial charge in [-0.1, -0.05) is 19.1 Å². The lowest BCUT2D eigenvalue weighted by atomic mass is 10.2. The highest BCUT2D eigenvalue weighted by Crippen LogP contribution is 2.30. The third-order valence-electron chi connectivity index (χ3n) is 2.23. The molecule has 2 aromatic rings. The highest BCUT2D eigenvalue weighted by Gasteiger charge is 2.12. The van der Waals surface area contributed by atoms with E-state index in [0.717, 1.165) is 15.4 Å². The van der Waals surface area contributed by atoms with E-state index < -0.39 is 6.10 Å². The number of benzene rings is 1. The molecule has 0 amide bonds. The minimum absolute atomic E-state index is 0.505. The summed E-state index contributed by atoms with van der Waals surface area (Å²) >= 11 is 3.41. The fraction of sp³-hybridized carbons (Fsp3) is 0.273. The van der Waals surface area contributed by atoms with Crippen molar-refractivity contribution in [2.24, 2.45) is 0 Å². The van der Waals surface area contributed by atoms with Crippen LogP contribution in [0.4, 0.5) is 0 Å². The van der Waals surface area contributed by atoms with Crippen LogP contribution in [0.5, 0.6) is 0 Å². The highest BCUT2D eigenvalue weighted by atomic mass is 79.9. The standard InChI is InChI=1S/C11H11BrO2/c1-2-9(13)10-6-7-4-3-5-8(12)11(7)14-10/h3-6,9,13H,2H2,1H3. The van der Waals surface area contributed by atoms with Gasteiger partial charge < -0.3 is 9.52 Å². The second-order valence-corrected chi connectivity index (χ2v) is 4.09. The number of aliphatic hydroxyl groups excluding tert-OH is 1. The van der Waals surface area contributed by atoms with Crippen LogP contribution in [0.1, 0.15) is 25.2 Å². The van der Waals surface area contributed by atoms with Crippen LogP contribution >= 0.6 is 15.9 Å². The van der Waals surface area contributed by atoms with Gasteiger partial charge in [0.05, 0.1) is 4.47 Å². The van der Waals surface area contributed by atoms with Crippen molar-refractivity contribution in [1.29, 1.82) is 0 Å². The summed E-state index contributed by atoms with van der Waals surface area (Å²) < 4.78 is 6.48. The number of hydrogen-bond donors (Lipinski definition) is 1. The van der Waals surface area contributed by atoms with Crippen LogP contribution in [-0.4, -0.2) is 5.11 Å². The Morgan fingerprint density at radius 2 is 2.29 bits per heavy atom. The first-order valence-electron chi connectivity index (χ1n) is 4.58. The predicted molar refractivity (Wildman–Crippen MR) is 59.2 cm³/mol. The lowest BCUT2D eigenvalue weighted by Gasteiger charge is -2.01. The lowest BCUT2D eigenvalue weighted by Crippen LogP contribution is -1.90. The fourth-order valence-corrected chi connectivity index (χ4v) is 1.88. The zero-order valence-electron chi connectivity index (χ0n) is 7.83. The third kappa shape index (κ3) is 1.57. The summed E-state index contributed by atoms with van der Waals surface area (Å²) in [5.74, 6) is 0.634. The van der Waals surface area contributed by atoms with Gasteiger partial charge in [0.15, 0.2) is 0 Å². The number of furan rings is 1. The first kappa shape index (κ1) is 9.74. The molecule has 0 aliphatic carbocycles. The van der Waals surface area contributed by atoms with E-state index in [1.165, 1.54) is 0 Å². The Morgan fingerprint density at radius 1 is 1.50 bits per heavy atom. The number of halogens is 1. The average molecular weight is 255 g/mol. The molecule has 0 aliphatic heterocycles. The zero-order chi connectivity index (χ0) is 10.1. The molecule has 1 N–H and O–H groups in total. The number of para-hydroxylation sites is 1. The Kier molecular flexibility index (Phi) is 2.61. The maximum Gasteiger partial charge on any atom is 0.148 e. The maximum atomic E-state index is 9.61. The van der Waals surface area contributed by atoms with Gasteiger partial charge in [-0.2, -0.15) is 0 Å². The molecule has 74 valence electrons. The Morgan fingerprint density at radius 3 is 2.93 bits per heavy atom. The second kappa shape index (κ2) is 3.75. The predicted octanol–water partition coefficient (Wildman–Crippen LogP) is 3.64. The van der Waals surface area contributed by atoms with Crippen LogP contribution < -0.4 is 0 Å². The molecule has 1 aromatic heterocycles. The monoisotopic (exact) mass is 254 g/mol. The van der Waals surface area contributed by atoms with Crippen molar-refractivity contribution in [2.45, 2.75) is 19.4 Å². The van der Waals surface area contributed by atoms with Crippen LogP contribution in [0.15, 0.2) is 33.2 Å². The van der Waals surface area contributed by atoms with E-state index in [-0.39, 0.29) is 0 Å². The summed E-state index contributed by atoms with van der Waals surface area (Å²) in [6.45, 7) is 1.92. The molecule has 0 radical (unpaired) electrons. The molecule has 0 aliphatic rings. The molecule has 0 saturated carbocycles. The summed E-state index contributed by atoms with van der Waals surface area (Å²) in [5.41, 5.74) is 0.801. The van der Waals surface area contributed by atoms with Gasteiger partial charge >= 0.3 is 0 Å². The maximum absolute atomic E-state index is 9.61. The molecular weight excluding hydrogens is 244 g/mol. The molecule has 1 heterocycles. The van der Waals surface area contributed by atoms with E-state index in [2.05, 4.69) is 15.9 Å². The summed E-state index contributed by atoms with van der Waals surface area (Å²) in [6, 6.07) is 7.72. The molecular formula is C11H11BrO2. The number of hydrogen-bond acceptors (Lipinski definition) is 2. The van der Waals surface area contributed by atoms with Crippen LogP contribution in [-0.2, 0) is 0 Å². The first-order valence-corrected chi connectivity index (χ1v) is 5.37. The molecule has 0 bridgehead atoms. The first-order chi connectivity index (χ1) is 6.72. The molecule has 14 heavy (non-hydrogen) atoms. The van der Waals surface area contributed by atoms with Gasteiger partial charge in [0.2, 0.25) is 0 Å². The lowest BCUT2D eigenvalue weighted by molar-refractivity contribution is 0.148. The van der Waals surface area contributed by atoms with E-state index >= 15 is 0 Å². The summed E-state index contributed by atoms with van der Waals surface area (Å²) in [7, 11) is 0. The minimum Gasteiger partial charge on any atom is -0.457 e. The molecule has 0 saturated heterocycles. The van der Waals surface area contributed by atoms with Crippen molar-refractivity contribution >= 4 is 26.9 Å². The van der Waals surface area contributed by atoms with E-state index in [1.807, 2.05) is 31.2 Å². The SMILES string of the molecule is CCC(O)c1cc2cccc(Br)c2o1. The zero-order valence-corrected chi connectivity index (χ0v) is 9.41. The number of fused-ring (bicyclic) bond motifs is 1. The van der Waals surface area contributed by atoms with Gasteiger partial charge in [-0.05, 0) is 34.5 Å². The third-order valence-corrected chi connectivity index (χ3v) is 2.85. The second-order valence-electron chi connectivity index (χ2n) is 3.23. The van der Waals surface area contributed by atoms with Crippen molar-refractivity contribution in [3.63, 3.8) is 0 Å². The van der Waals surface area contributed by atoms with Crippen LogP contribution in [0.2, 0.25) is 0 Å². The molecule has 1 aromatic carbocycles. The smallest absolute Gasteiger partial charge is 0.148 e. The van der Waals surface area contributed by atoms with Crippen LogP contribution in [0.25, 0.3) is 11.0 Å².